The molecule has 1 aromatic rings. The Morgan fingerprint density at radius 2 is 2.05 bits per heavy atom. The van der Waals surface area contributed by atoms with Crippen LogP contribution >= 0.6 is 11.3 Å². The number of ether oxygens (including phenoxy) is 2. The Morgan fingerprint density at radius 1 is 1.30 bits per heavy atom. The largest absolute Gasteiger partial charge is 0.469 e. The van der Waals surface area contributed by atoms with Gasteiger partial charge >= 0.3 is 11.9 Å². The van der Waals surface area contributed by atoms with Gasteiger partial charge in [0.25, 0.3) is 0 Å². The molecule has 0 aromatic carbocycles. The van der Waals surface area contributed by atoms with E-state index in [1.165, 1.54) is 18.4 Å². The first-order chi connectivity index (χ1) is 9.55. The average Bonchev–Trinajstić information content (AvgIpc) is 2.83. The van der Waals surface area contributed by atoms with E-state index in [-0.39, 0.29) is 25.2 Å². The Morgan fingerprint density at radius 3 is 2.70 bits per heavy atom. The van der Waals surface area contributed by atoms with Crippen LogP contribution < -0.4 is 5.32 Å². The number of hydrogen-bond acceptors (Lipinski definition) is 7. The number of thiazole rings is 1. The fourth-order valence-electron chi connectivity index (χ4n) is 1.30. The van der Waals surface area contributed by atoms with Crippen molar-refractivity contribution >= 4 is 34.3 Å². The topological polar surface area (TPSA) is 94.6 Å². The summed E-state index contributed by atoms with van der Waals surface area (Å²) in [7, 11) is 1.30. The Hall–Kier alpha value is -1.96. The number of esters is 2. The first kappa shape index (κ1) is 16.1. The van der Waals surface area contributed by atoms with Gasteiger partial charge in [0.15, 0.2) is 5.13 Å². The summed E-state index contributed by atoms with van der Waals surface area (Å²) in [4.78, 5) is 37.8. The summed E-state index contributed by atoms with van der Waals surface area (Å²) in [6.07, 6.45) is 0.122. The summed E-state index contributed by atoms with van der Waals surface area (Å²) in [6, 6.07) is 0. The summed E-state index contributed by atoms with van der Waals surface area (Å²) >= 11 is 1.21. The number of rotatable bonds is 7. The number of carbonyl (C=O) groups excluding carboxylic acids is 3. The molecule has 1 aromatic heterocycles. The van der Waals surface area contributed by atoms with Crippen molar-refractivity contribution in [2.75, 3.05) is 19.0 Å². The fourth-order valence-corrected chi connectivity index (χ4v) is 2.02. The molecule has 1 amide bonds. The number of carbonyl (C=O) groups is 3. The molecule has 1 N–H and O–H groups in total. The van der Waals surface area contributed by atoms with Crippen LogP contribution in [-0.2, 0) is 30.3 Å². The minimum atomic E-state index is -0.409. The molecule has 0 fully saturated rings. The van der Waals surface area contributed by atoms with E-state index in [0.29, 0.717) is 17.4 Å². The highest BCUT2D eigenvalue weighted by Crippen LogP contribution is 2.16. The molecule has 0 aliphatic rings. The van der Waals surface area contributed by atoms with E-state index in [4.69, 9.17) is 4.74 Å². The van der Waals surface area contributed by atoms with Crippen LogP contribution in [-0.4, -0.2) is 36.5 Å². The maximum absolute atomic E-state index is 11.6. The third-order valence-electron chi connectivity index (χ3n) is 2.21. The molecule has 0 bridgehead atoms. The van der Waals surface area contributed by atoms with Gasteiger partial charge in [-0.15, -0.1) is 11.3 Å². The summed E-state index contributed by atoms with van der Waals surface area (Å²) < 4.78 is 9.24. The Kier molecular flexibility index (Phi) is 6.65. The third kappa shape index (κ3) is 5.79. The molecular weight excluding hydrogens is 284 g/mol. The molecule has 1 rings (SSSR count). The van der Waals surface area contributed by atoms with Crippen LogP contribution in [0.1, 0.15) is 25.5 Å². The summed E-state index contributed by atoms with van der Waals surface area (Å²) in [5.74, 6) is -1.12. The Labute approximate surface area is 120 Å². The smallest absolute Gasteiger partial charge is 0.311 e. The maximum atomic E-state index is 11.6. The monoisotopic (exact) mass is 300 g/mol. The van der Waals surface area contributed by atoms with Crippen molar-refractivity contribution in [3.8, 4) is 0 Å². The van der Waals surface area contributed by atoms with Gasteiger partial charge in [0, 0.05) is 11.8 Å². The van der Waals surface area contributed by atoms with Gasteiger partial charge in [-0.2, -0.15) is 0 Å². The van der Waals surface area contributed by atoms with Crippen LogP contribution in [0.2, 0.25) is 0 Å². The zero-order valence-corrected chi connectivity index (χ0v) is 12.1. The normalized spacial score (nSPS) is 9.90. The van der Waals surface area contributed by atoms with Gasteiger partial charge in [0.2, 0.25) is 5.91 Å². The fraction of sp³-hybridized carbons (Fsp3) is 0.500. The third-order valence-corrected chi connectivity index (χ3v) is 3.02. The second kappa shape index (κ2) is 8.26. The van der Waals surface area contributed by atoms with Crippen LogP contribution in [0.15, 0.2) is 5.38 Å². The predicted molar refractivity (Wildman–Crippen MR) is 72.3 cm³/mol. The first-order valence-electron chi connectivity index (χ1n) is 6.01. The molecule has 110 valence electrons. The highest BCUT2D eigenvalue weighted by atomic mass is 32.1. The standard InChI is InChI=1S/C12H16N2O5S/c1-3-19-10(16)5-4-9(15)14-12-13-8(7-20-12)6-11(17)18-2/h7H,3-6H2,1-2H3,(H,13,14,15). The highest BCUT2D eigenvalue weighted by molar-refractivity contribution is 7.13. The molecule has 0 saturated heterocycles. The van der Waals surface area contributed by atoms with Crippen LogP contribution in [0.4, 0.5) is 5.13 Å². The number of hydrogen-bond donors (Lipinski definition) is 1. The lowest BCUT2D eigenvalue weighted by Crippen LogP contribution is -2.14. The zero-order chi connectivity index (χ0) is 15.0. The van der Waals surface area contributed by atoms with Crippen molar-refractivity contribution in [3.05, 3.63) is 11.1 Å². The molecule has 8 heteroatoms. The molecule has 0 saturated carbocycles. The van der Waals surface area contributed by atoms with E-state index in [1.54, 1.807) is 12.3 Å². The van der Waals surface area contributed by atoms with E-state index >= 15 is 0 Å². The highest BCUT2D eigenvalue weighted by Gasteiger charge is 2.11. The molecule has 0 spiro atoms. The molecule has 0 radical (unpaired) electrons. The summed E-state index contributed by atoms with van der Waals surface area (Å²) in [5, 5.41) is 4.61. The number of aromatic nitrogens is 1. The van der Waals surface area contributed by atoms with Crippen molar-refractivity contribution in [1.29, 1.82) is 0 Å². The molecule has 0 aliphatic heterocycles. The molecule has 20 heavy (non-hydrogen) atoms. The maximum Gasteiger partial charge on any atom is 0.311 e. The number of methoxy groups -OCH3 is 1. The predicted octanol–water partition coefficient (Wildman–Crippen LogP) is 1.14. The SMILES string of the molecule is CCOC(=O)CCC(=O)Nc1nc(CC(=O)OC)cs1. The minimum Gasteiger partial charge on any atom is -0.469 e. The summed E-state index contributed by atoms with van der Waals surface area (Å²) in [5.41, 5.74) is 0.530. The van der Waals surface area contributed by atoms with Gasteiger partial charge < -0.3 is 14.8 Å². The number of anilines is 1. The van der Waals surface area contributed by atoms with E-state index in [9.17, 15) is 14.4 Å². The second-order valence-corrected chi connectivity index (χ2v) is 4.61. The lowest BCUT2D eigenvalue weighted by atomic mass is 10.3. The van der Waals surface area contributed by atoms with Crippen molar-refractivity contribution < 1.29 is 23.9 Å². The molecule has 0 aliphatic carbocycles. The van der Waals surface area contributed by atoms with Gasteiger partial charge in [-0.05, 0) is 6.92 Å². The van der Waals surface area contributed by atoms with Crippen molar-refractivity contribution in [2.24, 2.45) is 0 Å². The Balaban J connectivity index is 2.38. The molecular formula is C12H16N2O5S. The van der Waals surface area contributed by atoms with Crippen molar-refractivity contribution in [1.82, 2.24) is 4.98 Å². The molecule has 7 nitrogen and oxygen atoms in total. The lowest BCUT2D eigenvalue weighted by Gasteiger charge is -2.02. The van der Waals surface area contributed by atoms with Crippen LogP contribution in [0, 0.1) is 0 Å². The summed E-state index contributed by atoms with van der Waals surface area (Å²) in [6.45, 7) is 2.00. The minimum absolute atomic E-state index is 0.0278. The molecule has 0 unspecified atom stereocenters. The number of nitrogens with zero attached hydrogens (tertiary/aromatic N) is 1. The second-order valence-electron chi connectivity index (χ2n) is 3.75. The van der Waals surface area contributed by atoms with Gasteiger partial charge in [-0.1, -0.05) is 0 Å². The van der Waals surface area contributed by atoms with E-state index < -0.39 is 11.9 Å². The van der Waals surface area contributed by atoms with Crippen LogP contribution in [0.3, 0.4) is 0 Å². The van der Waals surface area contributed by atoms with Gasteiger partial charge in [0.1, 0.15) is 0 Å². The van der Waals surface area contributed by atoms with Gasteiger partial charge in [-0.3, -0.25) is 14.4 Å². The van der Waals surface area contributed by atoms with E-state index in [1.807, 2.05) is 0 Å². The quantitative estimate of drug-likeness (QED) is 0.759. The first-order valence-corrected chi connectivity index (χ1v) is 6.89. The Bertz CT molecular complexity index is 486. The molecule has 1 heterocycles. The van der Waals surface area contributed by atoms with Crippen molar-refractivity contribution in [2.45, 2.75) is 26.2 Å². The zero-order valence-electron chi connectivity index (χ0n) is 11.3. The van der Waals surface area contributed by atoms with E-state index in [0.717, 1.165) is 0 Å². The lowest BCUT2D eigenvalue weighted by molar-refractivity contribution is -0.144. The average molecular weight is 300 g/mol. The van der Waals surface area contributed by atoms with Gasteiger partial charge in [-0.25, -0.2) is 4.98 Å². The van der Waals surface area contributed by atoms with Crippen LogP contribution in [0.5, 0.6) is 0 Å². The van der Waals surface area contributed by atoms with Gasteiger partial charge in [0.05, 0.1) is 32.3 Å². The van der Waals surface area contributed by atoms with Crippen molar-refractivity contribution in [3.63, 3.8) is 0 Å². The van der Waals surface area contributed by atoms with E-state index in [2.05, 4.69) is 15.0 Å². The van der Waals surface area contributed by atoms with Crippen LogP contribution in [0.25, 0.3) is 0 Å². The molecule has 0 atom stereocenters. The number of amides is 1. The number of nitrogens with one attached hydrogen (secondary N) is 1.